The molecule has 1 amide bonds. The minimum absolute atomic E-state index is 0.0494. The number of anilines is 1. The average Bonchev–Trinajstić information content (AvgIpc) is 3.45. The van der Waals surface area contributed by atoms with Crippen LogP contribution >= 0.6 is 0 Å². The molecule has 1 atom stereocenters. The molecular weight excluding hydrogens is 362 g/mol. The van der Waals surface area contributed by atoms with Crippen molar-refractivity contribution in [3.8, 4) is 0 Å². The van der Waals surface area contributed by atoms with Crippen molar-refractivity contribution in [1.82, 2.24) is 4.98 Å². The molecule has 146 valence electrons. The molecule has 0 saturated heterocycles. The number of rotatable bonds is 5. The van der Waals surface area contributed by atoms with E-state index in [-0.39, 0.29) is 23.8 Å². The number of benzene rings is 1. The molecule has 1 aliphatic heterocycles. The summed E-state index contributed by atoms with van der Waals surface area (Å²) in [6, 6.07) is 8.41. The zero-order chi connectivity index (χ0) is 19.9. The van der Waals surface area contributed by atoms with Crippen LogP contribution in [-0.2, 0) is 11.2 Å². The van der Waals surface area contributed by atoms with Gasteiger partial charge >= 0.3 is 0 Å². The third-order valence-corrected chi connectivity index (χ3v) is 5.61. The first-order valence-corrected chi connectivity index (χ1v) is 9.66. The number of aromatic nitrogens is 1. The van der Waals surface area contributed by atoms with Crippen LogP contribution in [0.4, 0.5) is 14.5 Å². The van der Waals surface area contributed by atoms with E-state index >= 15 is 0 Å². The van der Waals surface area contributed by atoms with Gasteiger partial charge in [0, 0.05) is 18.7 Å². The maximum absolute atomic E-state index is 14.3. The lowest BCUT2D eigenvalue weighted by Gasteiger charge is -2.31. The van der Waals surface area contributed by atoms with Crippen LogP contribution in [0.3, 0.4) is 0 Å². The van der Waals surface area contributed by atoms with Crippen LogP contribution in [0.2, 0.25) is 0 Å². The van der Waals surface area contributed by atoms with Crippen LogP contribution in [0.15, 0.2) is 36.5 Å². The molecule has 0 unspecified atom stereocenters. The first-order chi connectivity index (χ1) is 13.4. The molecule has 1 aromatic carbocycles. The highest BCUT2D eigenvalue weighted by Crippen LogP contribution is 2.43. The second-order valence-electron chi connectivity index (χ2n) is 7.80. The van der Waals surface area contributed by atoms with Crippen LogP contribution in [0.25, 0.3) is 0 Å². The molecule has 1 saturated carbocycles. The molecule has 4 nitrogen and oxygen atoms in total. The number of aryl methyl sites for hydroxylation is 1. The summed E-state index contributed by atoms with van der Waals surface area (Å²) in [4.78, 5) is 30.3. The van der Waals surface area contributed by atoms with Gasteiger partial charge in [-0.25, -0.2) is 8.78 Å². The number of Topliss-reactive ketones (excluding diaryl/α,β-unsaturated/α-hetero) is 1. The van der Waals surface area contributed by atoms with E-state index in [2.05, 4.69) is 4.98 Å². The summed E-state index contributed by atoms with van der Waals surface area (Å²) >= 11 is 0. The Kier molecular flexibility index (Phi) is 4.73. The van der Waals surface area contributed by atoms with Gasteiger partial charge in [0.2, 0.25) is 0 Å². The number of hydrogen-bond acceptors (Lipinski definition) is 3. The number of carbonyl (C=O) groups is 2. The molecule has 6 heteroatoms. The fraction of sp³-hybridized carbons (Fsp3) is 0.409. The van der Waals surface area contributed by atoms with Crippen LogP contribution in [0.1, 0.15) is 60.1 Å². The van der Waals surface area contributed by atoms with Crippen molar-refractivity contribution in [1.29, 1.82) is 0 Å². The monoisotopic (exact) mass is 384 g/mol. The predicted molar refractivity (Wildman–Crippen MR) is 102 cm³/mol. The molecule has 1 aliphatic carbocycles. The van der Waals surface area contributed by atoms with E-state index in [1.807, 2.05) is 25.1 Å². The Morgan fingerprint density at radius 2 is 2.04 bits per heavy atom. The maximum Gasteiger partial charge on any atom is 0.264 e. The zero-order valence-corrected chi connectivity index (χ0v) is 15.8. The van der Waals surface area contributed by atoms with E-state index in [0.717, 1.165) is 35.9 Å². The van der Waals surface area contributed by atoms with Crippen molar-refractivity contribution in [2.75, 3.05) is 11.4 Å². The lowest BCUT2D eigenvalue weighted by molar-refractivity contribution is -0.124. The molecule has 2 aromatic rings. The predicted octanol–water partition coefficient (Wildman–Crippen LogP) is 4.38. The van der Waals surface area contributed by atoms with Gasteiger partial charge in [-0.15, -0.1) is 0 Å². The molecule has 0 N–H and O–H groups in total. The number of nitrogens with zero attached hydrogens (tertiary/aromatic N) is 2. The van der Waals surface area contributed by atoms with E-state index in [9.17, 15) is 18.4 Å². The topological polar surface area (TPSA) is 50.3 Å². The molecule has 0 radical (unpaired) electrons. The van der Waals surface area contributed by atoms with Crippen molar-refractivity contribution in [3.63, 3.8) is 0 Å². The van der Waals surface area contributed by atoms with E-state index in [1.54, 1.807) is 4.90 Å². The molecular formula is C22H22F2N2O2. The van der Waals surface area contributed by atoms with E-state index < -0.39 is 17.4 Å². The summed E-state index contributed by atoms with van der Waals surface area (Å²) in [6.45, 7) is 2.50. The smallest absolute Gasteiger partial charge is 0.264 e. The van der Waals surface area contributed by atoms with Crippen molar-refractivity contribution in [2.24, 2.45) is 0 Å². The normalized spacial score (nSPS) is 18.3. The summed E-state index contributed by atoms with van der Waals surface area (Å²) in [6.07, 6.45) is 3.55. The van der Waals surface area contributed by atoms with Crippen molar-refractivity contribution >= 4 is 17.4 Å². The summed E-state index contributed by atoms with van der Waals surface area (Å²) in [5.74, 6) is -1.09. The van der Waals surface area contributed by atoms with Gasteiger partial charge < -0.3 is 4.90 Å². The second-order valence-corrected chi connectivity index (χ2v) is 7.80. The second kappa shape index (κ2) is 7.08. The minimum atomic E-state index is -1.67. The number of ketones is 1. The van der Waals surface area contributed by atoms with E-state index in [4.69, 9.17) is 0 Å². The highest BCUT2D eigenvalue weighted by molar-refractivity contribution is 6.02. The van der Waals surface area contributed by atoms with Crippen molar-refractivity contribution in [2.45, 2.75) is 50.6 Å². The van der Waals surface area contributed by atoms with Gasteiger partial charge in [0.25, 0.3) is 5.91 Å². The Balaban J connectivity index is 1.51. The number of halogens is 2. The van der Waals surface area contributed by atoms with Crippen molar-refractivity contribution < 1.29 is 18.4 Å². The molecule has 1 fully saturated rings. The van der Waals surface area contributed by atoms with Crippen LogP contribution in [-0.4, -0.2) is 28.9 Å². The lowest BCUT2D eigenvalue weighted by atomic mass is 9.90. The molecule has 2 heterocycles. The van der Waals surface area contributed by atoms with Gasteiger partial charge in [0.15, 0.2) is 11.5 Å². The maximum atomic E-state index is 14.3. The molecule has 0 spiro atoms. The quantitative estimate of drug-likeness (QED) is 0.719. The van der Waals surface area contributed by atoms with E-state index in [0.29, 0.717) is 19.4 Å². The van der Waals surface area contributed by atoms with E-state index in [1.165, 1.54) is 12.1 Å². The summed E-state index contributed by atoms with van der Waals surface area (Å²) in [7, 11) is 0. The standard InChI is InChI=1S/C22H22F2N2O2/c1-14(11-20(27)18-6-5-17(23)13-25-18)15-4-7-19-16(12-15)3-2-10-26(19)21(28)22(24)8-9-22/h4-7,12-14H,2-3,8-11H2,1H3/t14-/m1/s1. The number of hydrogen-bond donors (Lipinski definition) is 0. The Bertz CT molecular complexity index is 923. The number of alkyl halides is 1. The van der Waals surface area contributed by atoms with Crippen molar-refractivity contribution in [3.05, 3.63) is 59.2 Å². The van der Waals surface area contributed by atoms with Gasteiger partial charge in [-0.3, -0.25) is 14.6 Å². The first-order valence-electron chi connectivity index (χ1n) is 9.66. The SMILES string of the molecule is C[C@H](CC(=O)c1ccc(F)cn1)c1ccc2c(c1)CCCN2C(=O)C1(F)CC1. The summed E-state index contributed by atoms with van der Waals surface area (Å²) < 4.78 is 27.2. The zero-order valence-electron chi connectivity index (χ0n) is 15.8. The fourth-order valence-corrected chi connectivity index (χ4v) is 3.74. The highest BCUT2D eigenvalue weighted by atomic mass is 19.1. The first kappa shape index (κ1) is 18.7. The molecule has 4 rings (SSSR count). The van der Waals surface area contributed by atoms with Gasteiger partial charge in [0.05, 0.1) is 6.20 Å². The Morgan fingerprint density at radius 3 is 2.71 bits per heavy atom. The third kappa shape index (κ3) is 3.55. The highest BCUT2D eigenvalue weighted by Gasteiger charge is 2.53. The van der Waals surface area contributed by atoms with Crippen LogP contribution < -0.4 is 4.90 Å². The number of fused-ring (bicyclic) bond motifs is 1. The summed E-state index contributed by atoms with van der Waals surface area (Å²) in [5.41, 5.74) is 1.36. The summed E-state index contributed by atoms with van der Waals surface area (Å²) in [5, 5.41) is 0. The molecule has 1 aromatic heterocycles. The molecule has 0 bridgehead atoms. The number of amides is 1. The Labute approximate surface area is 162 Å². The minimum Gasteiger partial charge on any atom is -0.309 e. The lowest BCUT2D eigenvalue weighted by Crippen LogP contribution is -2.41. The Morgan fingerprint density at radius 1 is 1.25 bits per heavy atom. The van der Waals surface area contributed by atoms with Crippen LogP contribution in [0.5, 0.6) is 0 Å². The number of pyridine rings is 1. The number of carbonyl (C=O) groups excluding carboxylic acids is 2. The fourth-order valence-electron chi connectivity index (χ4n) is 3.74. The average molecular weight is 384 g/mol. The third-order valence-electron chi connectivity index (χ3n) is 5.61. The Hall–Kier alpha value is -2.63. The van der Waals surface area contributed by atoms with Crippen LogP contribution in [0, 0.1) is 5.82 Å². The molecule has 28 heavy (non-hydrogen) atoms. The van der Waals surface area contributed by atoms with Gasteiger partial charge in [-0.1, -0.05) is 19.1 Å². The van der Waals surface area contributed by atoms with Gasteiger partial charge in [-0.05, 0) is 60.9 Å². The largest absolute Gasteiger partial charge is 0.309 e. The molecule has 2 aliphatic rings. The van der Waals surface area contributed by atoms with Gasteiger partial charge in [0.1, 0.15) is 11.5 Å². The van der Waals surface area contributed by atoms with Gasteiger partial charge in [-0.2, -0.15) is 0 Å².